The van der Waals surface area contributed by atoms with Crippen LogP contribution >= 0.6 is 0 Å². The minimum Gasteiger partial charge on any atom is -0.383 e. The van der Waals surface area contributed by atoms with Crippen LogP contribution in [0.3, 0.4) is 0 Å². The van der Waals surface area contributed by atoms with Gasteiger partial charge in [0.25, 0.3) is 5.56 Å². The number of carbonyl (C=O) groups excluding carboxylic acids is 2. The Hall–Kier alpha value is -2.62. The summed E-state index contributed by atoms with van der Waals surface area (Å²) in [5.74, 6) is -0.975. The lowest BCUT2D eigenvalue weighted by Crippen LogP contribution is -2.45. The van der Waals surface area contributed by atoms with Gasteiger partial charge in [0.05, 0.1) is 12.5 Å². The van der Waals surface area contributed by atoms with Crippen LogP contribution in [0.1, 0.15) is 45.4 Å². The fourth-order valence-electron chi connectivity index (χ4n) is 4.48. The van der Waals surface area contributed by atoms with Gasteiger partial charge in [-0.05, 0) is 19.3 Å². The number of aromatic nitrogens is 2. The Morgan fingerprint density at radius 1 is 1.27 bits per heavy atom. The number of nitrogens with zero attached hydrogens (tertiary/aromatic N) is 3. The highest BCUT2D eigenvalue weighted by molar-refractivity contribution is 6.00. The lowest BCUT2D eigenvalue weighted by Gasteiger charge is -2.27. The molecule has 1 saturated carbocycles. The molecule has 10 heteroatoms. The first-order chi connectivity index (χ1) is 14.4. The molecule has 0 spiro atoms. The van der Waals surface area contributed by atoms with Gasteiger partial charge in [-0.2, -0.15) is 0 Å². The molecule has 0 aromatic carbocycles. The lowest BCUT2D eigenvalue weighted by atomic mass is 10.1. The second-order valence-electron chi connectivity index (χ2n) is 8.01. The molecular formula is C20H31N5O5. The molecule has 166 valence electrons. The van der Waals surface area contributed by atoms with Crippen molar-refractivity contribution in [1.29, 1.82) is 0 Å². The van der Waals surface area contributed by atoms with Crippen molar-refractivity contribution >= 4 is 23.3 Å². The second kappa shape index (κ2) is 9.46. The van der Waals surface area contributed by atoms with Crippen molar-refractivity contribution in [3.05, 3.63) is 20.8 Å². The van der Waals surface area contributed by atoms with Gasteiger partial charge in [0.15, 0.2) is 5.69 Å². The summed E-state index contributed by atoms with van der Waals surface area (Å²) in [6.07, 6.45) is 4.87. The maximum absolute atomic E-state index is 13.4. The molecule has 2 aliphatic rings. The zero-order valence-corrected chi connectivity index (χ0v) is 17.7. The van der Waals surface area contributed by atoms with Crippen molar-refractivity contribution in [2.24, 2.45) is 5.92 Å². The molecule has 1 saturated heterocycles. The van der Waals surface area contributed by atoms with E-state index in [2.05, 4.69) is 4.98 Å². The van der Waals surface area contributed by atoms with Gasteiger partial charge in [0.2, 0.25) is 11.8 Å². The number of nitrogens with one attached hydrogen (secondary N) is 1. The van der Waals surface area contributed by atoms with E-state index in [0.29, 0.717) is 19.5 Å². The van der Waals surface area contributed by atoms with Crippen LogP contribution < -0.4 is 21.9 Å². The number of carbonyl (C=O) groups is 2. The Morgan fingerprint density at radius 3 is 2.60 bits per heavy atom. The zero-order valence-electron chi connectivity index (χ0n) is 17.7. The summed E-state index contributed by atoms with van der Waals surface area (Å²) in [7, 11) is 1.50. The third kappa shape index (κ3) is 4.28. The van der Waals surface area contributed by atoms with Gasteiger partial charge in [0.1, 0.15) is 5.82 Å². The Morgan fingerprint density at radius 2 is 1.97 bits per heavy atom. The number of nitrogens with two attached hydrogens (primary N) is 1. The van der Waals surface area contributed by atoms with Crippen LogP contribution in [-0.4, -0.2) is 59.1 Å². The average Bonchev–Trinajstić information content (AvgIpc) is 3.36. The van der Waals surface area contributed by atoms with Crippen LogP contribution in [0.25, 0.3) is 0 Å². The summed E-state index contributed by atoms with van der Waals surface area (Å²) >= 11 is 0. The van der Waals surface area contributed by atoms with Crippen LogP contribution in [-0.2, 0) is 20.9 Å². The molecule has 1 aliphatic heterocycles. The first-order valence-electron chi connectivity index (χ1n) is 10.6. The number of ether oxygens (including phenoxy) is 1. The summed E-state index contributed by atoms with van der Waals surface area (Å²) in [5.41, 5.74) is 4.78. The maximum Gasteiger partial charge on any atom is 0.330 e. The van der Waals surface area contributed by atoms with Crippen molar-refractivity contribution in [2.75, 3.05) is 37.4 Å². The number of rotatable bonds is 8. The number of H-pyrrole nitrogens is 1. The minimum atomic E-state index is -0.716. The van der Waals surface area contributed by atoms with Crippen molar-refractivity contribution < 1.29 is 14.3 Å². The monoisotopic (exact) mass is 421 g/mol. The standard InChI is InChI=1S/C20H31N5O5/c1-3-8-24-17(21)16(18(27)22-20(24)29)23(9-10-30-2)19(28)13-11-15(26)25(12-13)14-6-4-5-7-14/h13-14H,3-12,21H2,1-2H3,(H,22,27,29). The number of aromatic amines is 1. The van der Waals surface area contributed by atoms with Gasteiger partial charge in [0, 0.05) is 39.2 Å². The van der Waals surface area contributed by atoms with Crippen LogP contribution in [0.5, 0.6) is 0 Å². The first-order valence-corrected chi connectivity index (χ1v) is 10.6. The number of amides is 2. The molecule has 0 bridgehead atoms. The molecule has 3 N–H and O–H groups in total. The van der Waals surface area contributed by atoms with E-state index >= 15 is 0 Å². The van der Waals surface area contributed by atoms with E-state index in [1.165, 1.54) is 16.6 Å². The van der Waals surface area contributed by atoms with Crippen molar-refractivity contribution in [3.8, 4) is 0 Å². The number of hydrogen-bond donors (Lipinski definition) is 2. The molecule has 30 heavy (non-hydrogen) atoms. The van der Waals surface area contributed by atoms with Gasteiger partial charge < -0.3 is 20.3 Å². The maximum atomic E-state index is 13.4. The lowest BCUT2D eigenvalue weighted by molar-refractivity contribution is -0.130. The van der Waals surface area contributed by atoms with Gasteiger partial charge in [-0.15, -0.1) is 0 Å². The Labute approximate surface area is 175 Å². The minimum absolute atomic E-state index is 0.0234. The third-order valence-corrected chi connectivity index (χ3v) is 5.99. The summed E-state index contributed by atoms with van der Waals surface area (Å²) in [4.78, 5) is 56.1. The zero-order chi connectivity index (χ0) is 21.8. The number of likely N-dealkylation sites (tertiary alicyclic amines) is 1. The molecule has 2 amide bonds. The molecule has 1 aromatic heterocycles. The highest BCUT2D eigenvalue weighted by atomic mass is 16.5. The highest BCUT2D eigenvalue weighted by Gasteiger charge is 2.41. The number of nitrogen functional groups attached to an aromatic ring is 1. The quantitative estimate of drug-likeness (QED) is 0.621. The fraction of sp³-hybridized carbons (Fsp3) is 0.700. The van der Waals surface area contributed by atoms with E-state index in [1.807, 2.05) is 11.8 Å². The topological polar surface area (TPSA) is 131 Å². The second-order valence-corrected chi connectivity index (χ2v) is 8.01. The van der Waals surface area contributed by atoms with Crippen molar-refractivity contribution in [3.63, 3.8) is 0 Å². The fourth-order valence-corrected chi connectivity index (χ4v) is 4.48. The van der Waals surface area contributed by atoms with Crippen LogP contribution in [0, 0.1) is 5.92 Å². The Bertz CT molecular complexity index is 902. The number of anilines is 2. The van der Waals surface area contributed by atoms with E-state index in [-0.39, 0.29) is 48.9 Å². The van der Waals surface area contributed by atoms with Crippen LogP contribution in [0.4, 0.5) is 11.5 Å². The number of methoxy groups -OCH3 is 1. The summed E-state index contributed by atoms with van der Waals surface area (Å²) in [6, 6.07) is 0.197. The molecule has 0 radical (unpaired) electrons. The van der Waals surface area contributed by atoms with Gasteiger partial charge in [-0.1, -0.05) is 19.8 Å². The normalized spacial score (nSPS) is 19.6. The molecule has 1 aliphatic carbocycles. The molecule has 10 nitrogen and oxygen atoms in total. The predicted molar refractivity (Wildman–Crippen MR) is 112 cm³/mol. The smallest absolute Gasteiger partial charge is 0.330 e. The molecule has 1 unspecified atom stereocenters. The van der Waals surface area contributed by atoms with E-state index in [1.54, 1.807) is 0 Å². The largest absolute Gasteiger partial charge is 0.383 e. The molecule has 2 fully saturated rings. The molecule has 1 atom stereocenters. The van der Waals surface area contributed by atoms with E-state index in [4.69, 9.17) is 10.5 Å². The van der Waals surface area contributed by atoms with E-state index < -0.39 is 17.2 Å². The van der Waals surface area contributed by atoms with Crippen LogP contribution in [0.2, 0.25) is 0 Å². The molecule has 2 heterocycles. The van der Waals surface area contributed by atoms with Gasteiger partial charge in [-0.3, -0.25) is 23.9 Å². The van der Waals surface area contributed by atoms with Crippen LogP contribution in [0.15, 0.2) is 9.59 Å². The van der Waals surface area contributed by atoms with Gasteiger partial charge >= 0.3 is 5.69 Å². The Kier molecular flexibility index (Phi) is 6.96. The summed E-state index contributed by atoms with van der Waals surface area (Å²) in [6.45, 7) is 2.83. The molecule has 1 aromatic rings. The first kappa shape index (κ1) is 22.1. The average molecular weight is 421 g/mol. The van der Waals surface area contributed by atoms with E-state index in [0.717, 1.165) is 25.7 Å². The third-order valence-electron chi connectivity index (χ3n) is 5.99. The Balaban J connectivity index is 1.92. The van der Waals surface area contributed by atoms with Gasteiger partial charge in [-0.25, -0.2) is 4.79 Å². The summed E-state index contributed by atoms with van der Waals surface area (Å²) in [5, 5.41) is 0. The number of hydrogen-bond acceptors (Lipinski definition) is 6. The van der Waals surface area contributed by atoms with Crippen molar-refractivity contribution in [1.82, 2.24) is 14.5 Å². The summed E-state index contributed by atoms with van der Waals surface area (Å²) < 4.78 is 6.38. The molecular weight excluding hydrogens is 390 g/mol. The SMILES string of the molecule is CCCn1c(N)c(N(CCOC)C(=O)C2CC(=O)N(C3CCCC3)C2)c(=O)[nH]c1=O. The van der Waals surface area contributed by atoms with E-state index in [9.17, 15) is 19.2 Å². The molecule has 3 rings (SSSR count). The van der Waals surface area contributed by atoms with Crippen molar-refractivity contribution in [2.45, 2.75) is 58.0 Å². The predicted octanol–water partition coefficient (Wildman–Crippen LogP) is 0.299. The highest BCUT2D eigenvalue weighted by Crippen LogP contribution is 2.31.